The van der Waals surface area contributed by atoms with Gasteiger partial charge in [-0.3, -0.25) is 14.6 Å². The van der Waals surface area contributed by atoms with Crippen molar-refractivity contribution in [2.45, 2.75) is 108 Å². The van der Waals surface area contributed by atoms with Crippen molar-refractivity contribution in [1.82, 2.24) is 10.6 Å². The normalized spacial score (nSPS) is 29.5. The summed E-state index contributed by atoms with van der Waals surface area (Å²) in [5.74, 6) is -0.761. The molecule has 2 amide bonds. The molecule has 9 nitrogen and oxygen atoms in total. The fourth-order valence-electron chi connectivity index (χ4n) is 5.80. The number of guanidine groups is 1. The zero-order valence-corrected chi connectivity index (χ0v) is 19.6. The number of aliphatic imine (C=N–C) groups is 1. The quantitative estimate of drug-likeness (QED) is 0.273. The lowest BCUT2D eigenvalue weighted by Crippen LogP contribution is -2.46. The number of carbonyl (C=O) groups excluding carboxylic acids is 2. The van der Waals surface area contributed by atoms with E-state index in [2.05, 4.69) is 15.6 Å². The summed E-state index contributed by atoms with van der Waals surface area (Å²) < 4.78 is 0. The fraction of sp³-hybridized carbons (Fsp3) is 0.833. The van der Waals surface area contributed by atoms with Gasteiger partial charge in [0.15, 0.2) is 5.96 Å². The SMILES string of the molecule is NC(N)=NC1CCCC(C(=O)NC2CCC(CC(NC(=O)C3CCCCC3)C(=O)O)CC2)C1. The summed E-state index contributed by atoms with van der Waals surface area (Å²) in [6.07, 6.45) is 12.2. The summed E-state index contributed by atoms with van der Waals surface area (Å²) in [7, 11) is 0. The van der Waals surface area contributed by atoms with Gasteiger partial charge < -0.3 is 27.2 Å². The molecule has 0 aromatic carbocycles. The van der Waals surface area contributed by atoms with Gasteiger partial charge in [-0.1, -0.05) is 25.7 Å². The molecule has 0 radical (unpaired) electrons. The van der Waals surface area contributed by atoms with E-state index in [9.17, 15) is 19.5 Å². The molecule has 3 aliphatic carbocycles. The van der Waals surface area contributed by atoms with E-state index in [0.717, 1.165) is 77.0 Å². The number of aliphatic carboxylic acids is 1. The van der Waals surface area contributed by atoms with Crippen LogP contribution in [0.1, 0.15) is 89.9 Å². The standard InChI is InChI=1S/C24H41N5O4/c25-24(26)28-19-8-4-7-17(14-19)22(31)27-18-11-9-15(10-12-18)13-20(23(32)33)29-21(30)16-5-2-1-3-6-16/h15-20H,1-14H2,(H,27,31)(H,29,30)(H,32,33)(H4,25,26,28). The fourth-order valence-corrected chi connectivity index (χ4v) is 5.80. The van der Waals surface area contributed by atoms with Crippen LogP contribution < -0.4 is 22.1 Å². The second-order valence-electron chi connectivity index (χ2n) is 10.3. The van der Waals surface area contributed by atoms with Crippen LogP contribution in [0.15, 0.2) is 4.99 Å². The van der Waals surface area contributed by atoms with Crippen molar-refractivity contribution in [3.63, 3.8) is 0 Å². The van der Waals surface area contributed by atoms with Crippen molar-refractivity contribution in [2.24, 2.45) is 34.2 Å². The van der Waals surface area contributed by atoms with E-state index < -0.39 is 12.0 Å². The van der Waals surface area contributed by atoms with E-state index >= 15 is 0 Å². The number of hydrogen-bond donors (Lipinski definition) is 5. The number of hydrogen-bond acceptors (Lipinski definition) is 4. The largest absolute Gasteiger partial charge is 0.480 e. The maximum Gasteiger partial charge on any atom is 0.326 e. The molecule has 0 aromatic rings. The van der Waals surface area contributed by atoms with Crippen LogP contribution in [-0.4, -0.2) is 47.0 Å². The van der Waals surface area contributed by atoms with Crippen LogP contribution in [0.3, 0.4) is 0 Å². The number of nitrogens with two attached hydrogens (primary N) is 2. The number of carboxylic acids is 1. The molecule has 3 aliphatic rings. The van der Waals surface area contributed by atoms with Gasteiger partial charge >= 0.3 is 5.97 Å². The van der Waals surface area contributed by atoms with E-state index in [1.165, 1.54) is 0 Å². The molecule has 3 atom stereocenters. The maximum absolute atomic E-state index is 12.8. The average Bonchev–Trinajstić information content (AvgIpc) is 2.80. The summed E-state index contributed by atoms with van der Waals surface area (Å²) >= 11 is 0. The lowest BCUT2D eigenvalue weighted by molar-refractivity contribution is -0.143. The molecular weight excluding hydrogens is 422 g/mol. The third kappa shape index (κ3) is 7.89. The highest BCUT2D eigenvalue weighted by atomic mass is 16.4. The van der Waals surface area contributed by atoms with Crippen LogP contribution >= 0.6 is 0 Å². The molecule has 3 rings (SSSR count). The number of rotatable bonds is 8. The Labute approximate surface area is 196 Å². The minimum atomic E-state index is -0.956. The molecule has 0 bridgehead atoms. The van der Waals surface area contributed by atoms with Gasteiger partial charge in [0.05, 0.1) is 6.04 Å². The summed E-state index contributed by atoms with van der Waals surface area (Å²) in [6, 6.07) is -0.686. The minimum absolute atomic E-state index is 0.0204. The van der Waals surface area contributed by atoms with Gasteiger partial charge in [-0.15, -0.1) is 0 Å². The van der Waals surface area contributed by atoms with Crippen LogP contribution in [0.4, 0.5) is 0 Å². The van der Waals surface area contributed by atoms with E-state index in [1.54, 1.807) is 0 Å². The maximum atomic E-state index is 12.8. The van der Waals surface area contributed by atoms with Crippen molar-refractivity contribution < 1.29 is 19.5 Å². The van der Waals surface area contributed by atoms with Gasteiger partial charge in [-0.25, -0.2) is 4.79 Å². The Morgan fingerprint density at radius 2 is 1.52 bits per heavy atom. The van der Waals surface area contributed by atoms with Crippen molar-refractivity contribution in [1.29, 1.82) is 0 Å². The van der Waals surface area contributed by atoms with E-state index in [-0.39, 0.29) is 47.6 Å². The topological polar surface area (TPSA) is 160 Å². The van der Waals surface area contributed by atoms with Gasteiger partial charge in [0.2, 0.25) is 11.8 Å². The molecule has 3 unspecified atom stereocenters. The molecule has 0 heterocycles. The molecule has 0 aromatic heterocycles. The van der Waals surface area contributed by atoms with Crippen LogP contribution in [0.5, 0.6) is 0 Å². The van der Waals surface area contributed by atoms with Crippen LogP contribution in [0.2, 0.25) is 0 Å². The van der Waals surface area contributed by atoms with Gasteiger partial charge in [0.1, 0.15) is 6.04 Å². The highest BCUT2D eigenvalue weighted by Crippen LogP contribution is 2.31. The molecule has 3 saturated carbocycles. The first kappa shape index (κ1) is 25.3. The smallest absolute Gasteiger partial charge is 0.326 e. The number of amides is 2. The summed E-state index contributed by atoms with van der Waals surface area (Å²) in [4.78, 5) is 41.3. The molecule has 0 aliphatic heterocycles. The molecule has 0 spiro atoms. The molecule has 7 N–H and O–H groups in total. The summed E-state index contributed by atoms with van der Waals surface area (Å²) in [6.45, 7) is 0. The van der Waals surface area contributed by atoms with Gasteiger partial charge in [0, 0.05) is 17.9 Å². The van der Waals surface area contributed by atoms with E-state index in [1.807, 2.05) is 0 Å². The Balaban J connectivity index is 1.41. The lowest BCUT2D eigenvalue weighted by atomic mass is 9.81. The third-order valence-electron chi connectivity index (χ3n) is 7.70. The van der Waals surface area contributed by atoms with Gasteiger partial charge in [-0.2, -0.15) is 0 Å². The van der Waals surface area contributed by atoms with Crippen molar-refractivity contribution >= 4 is 23.7 Å². The summed E-state index contributed by atoms with van der Waals surface area (Å²) in [5, 5.41) is 15.6. The van der Waals surface area contributed by atoms with E-state index in [4.69, 9.17) is 11.5 Å². The van der Waals surface area contributed by atoms with Crippen LogP contribution in [-0.2, 0) is 14.4 Å². The molecular formula is C24H41N5O4. The predicted molar refractivity (Wildman–Crippen MR) is 126 cm³/mol. The molecule has 0 saturated heterocycles. The Kier molecular flexibility index (Phi) is 9.38. The first-order valence-electron chi connectivity index (χ1n) is 12.7. The third-order valence-corrected chi connectivity index (χ3v) is 7.70. The van der Waals surface area contributed by atoms with Crippen LogP contribution in [0.25, 0.3) is 0 Å². The van der Waals surface area contributed by atoms with E-state index in [0.29, 0.717) is 12.8 Å². The van der Waals surface area contributed by atoms with Crippen molar-refractivity contribution in [3.8, 4) is 0 Å². The highest BCUT2D eigenvalue weighted by Gasteiger charge is 2.32. The molecule has 3 fully saturated rings. The second-order valence-corrected chi connectivity index (χ2v) is 10.3. The number of carboxylic acid groups (broad SMARTS) is 1. The zero-order chi connectivity index (χ0) is 23.8. The Bertz CT molecular complexity index is 710. The zero-order valence-electron chi connectivity index (χ0n) is 19.6. The first-order valence-corrected chi connectivity index (χ1v) is 12.7. The number of nitrogens with zero attached hydrogens (tertiary/aromatic N) is 1. The Morgan fingerprint density at radius 1 is 0.848 bits per heavy atom. The number of carbonyl (C=O) groups is 3. The van der Waals surface area contributed by atoms with Crippen molar-refractivity contribution in [2.75, 3.05) is 0 Å². The number of nitrogens with one attached hydrogen (secondary N) is 2. The summed E-state index contributed by atoms with van der Waals surface area (Å²) in [5.41, 5.74) is 11.0. The van der Waals surface area contributed by atoms with Crippen LogP contribution in [0, 0.1) is 17.8 Å². The Hall–Kier alpha value is -2.32. The van der Waals surface area contributed by atoms with Gasteiger partial charge in [-0.05, 0) is 70.1 Å². The molecule has 186 valence electrons. The molecule has 9 heteroatoms. The predicted octanol–water partition coefficient (Wildman–Crippen LogP) is 2.03. The molecule has 33 heavy (non-hydrogen) atoms. The monoisotopic (exact) mass is 463 g/mol. The minimum Gasteiger partial charge on any atom is -0.480 e. The van der Waals surface area contributed by atoms with Gasteiger partial charge in [0.25, 0.3) is 0 Å². The second kappa shape index (κ2) is 12.2. The Morgan fingerprint density at radius 3 is 2.15 bits per heavy atom. The highest BCUT2D eigenvalue weighted by molar-refractivity contribution is 5.85. The average molecular weight is 464 g/mol. The van der Waals surface area contributed by atoms with Crippen molar-refractivity contribution in [3.05, 3.63) is 0 Å². The first-order chi connectivity index (χ1) is 15.8. The lowest BCUT2D eigenvalue weighted by Gasteiger charge is -2.33.